The maximum Gasteiger partial charge on any atom is 0.0631 e. The first-order chi connectivity index (χ1) is 14.9. The number of hydrogen-bond donors (Lipinski definition) is 0. The molecule has 0 radical (unpaired) electrons. The first kappa shape index (κ1) is 18.6. The van der Waals surface area contributed by atoms with Gasteiger partial charge in [-0.1, -0.05) is 121 Å². The predicted molar refractivity (Wildman–Crippen MR) is 131 cm³/mol. The van der Waals surface area contributed by atoms with Crippen molar-refractivity contribution in [3.8, 4) is 0 Å². The second-order valence-corrected chi connectivity index (χ2v) is 10.3. The Hall–Kier alpha value is -3.41. The molecule has 0 saturated carbocycles. The Bertz CT molecular complexity index is 1220. The highest BCUT2D eigenvalue weighted by atomic mass is 31.2. The monoisotopic (exact) mass is 403 g/mol. The van der Waals surface area contributed by atoms with E-state index in [1.165, 1.54) is 26.7 Å². The molecule has 144 valence electrons. The van der Waals surface area contributed by atoms with Gasteiger partial charge in [0.15, 0.2) is 0 Å². The van der Waals surface area contributed by atoms with Crippen molar-refractivity contribution in [2.24, 2.45) is 4.74 Å². The van der Waals surface area contributed by atoms with Crippen LogP contribution in [0.1, 0.15) is 0 Å². The summed E-state index contributed by atoms with van der Waals surface area (Å²) in [5, 5.41) is 6.23. The molecule has 2 heteroatoms. The van der Waals surface area contributed by atoms with Crippen LogP contribution >= 0.6 is 7.05 Å². The largest absolute Gasteiger partial charge is 0.254 e. The highest BCUT2D eigenvalue weighted by Gasteiger charge is 2.27. The van der Waals surface area contributed by atoms with Crippen LogP contribution in [-0.4, -0.2) is 0 Å². The van der Waals surface area contributed by atoms with E-state index in [4.69, 9.17) is 4.74 Å². The lowest BCUT2D eigenvalue weighted by molar-refractivity contribution is 1.57. The van der Waals surface area contributed by atoms with Gasteiger partial charge in [0.05, 0.1) is 12.7 Å². The molecule has 30 heavy (non-hydrogen) atoms. The molecule has 0 aliphatic carbocycles. The van der Waals surface area contributed by atoms with E-state index >= 15 is 0 Å². The standard InChI is InChI=1S/C28H22NP/c1-4-14-26(15-5-1)30(27-16-6-2-7-17-27,28-18-8-3-9-19-28)29-25-21-20-23-12-10-11-13-24(23)22-25/h1-22H. The summed E-state index contributed by atoms with van der Waals surface area (Å²) in [6, 6.07) is 47.2. The van der Waals surface area contributed by atoms with Crippen LogP contribution in [0.2, 0.25) is 0 Å². The second-order valence-electron chi connectivity index (χ2n) is 7.27. The van der Waals surface area contributed by atoms with E-state index in [-0.39, 0.29) is 0 Å². The van der Waals surface area contributed by atoms with Gasteiger partial charge in [0.25, 0.3) is 0 Å². The topological polar surface area (TPSA) is 12.4 Å². The van der Waals surface area contributed by atoms with Gasteiger partial charge in [-0.2, -0.15) is 0 Å². The Kier molecular flexibility index (Phi) is 5.05. The molecule has 0 heterocycles. The molecule has 0 aromatic heterocycles. The van der Waals surface area contributed by atoms with Gasteiger partial charge in [-0.3, -0.25) is 4.74 Å². The maximum absolute atomic E-state index is 5.56. The summed E-state index contributed by atoms with van der Waals surface area (Å²) in [7, 11) is -2.23. The van der Waals surface area contributed by atoms with Crippen molar-refractivity contribution in [2.45, 2.75) is 0 Å². The Morgan fingerprint density at radius 2 is 0.833 bits per heavy atom. The quantitative estimate of drug-likeness (QED) is 0.298. The molecule has 5 rings (SSSR count). The lowest BCUT2D eigenvalue weighted by Gasteiger charge is -2.27. The molecular weight excluding hydrogens is 381 g/mol. The van der Waals surface area contributed by atoms with Crippen molar-refractivity contribution in [1.29, 1.82) is 0 Å². The number of hydrogen-bond acceptors (Lipinski definition) is 1. The van der Waals surface area contributed by atoms with Crippen LogP contribution in [0.3, 0.4) is 0 Å². The second kappa shape index (κ2) is 8.14. The van der Waals surface area contributed by atoms with Crippen LogP contribution in [0.25, 0.3) is 10.8 Å². The van der Waals surface area contributed by atoms with Crippen molar-refractivity contribution >= 4 is 39.4 Å². The fourth-order valence-corrected chi connectivity index (χ4v) is 7.49. The molecule has 0 fully saturated rings. The van der Waals surface area contributed by atoms with Gasteiger partial charge in [-0.25, -0.2) is 0 Å². The van der Waals surface area contributed by atoms with E-state index in [1.807, 2.05) is 0 Å². The lowest BCUT2D eigenvalue weighted by atomic mass is 10.1. The molecule has 0 N–H and O–H groups in total. The van der Waals surface area contributed by atoms with Crippen LogP contribution in [0.4, 0.5) is 5.69 Å². The zero-order chi connectivity index (χ0) is 20.2. The molecule has 0 aliphatic heterocycles. The van der Waals surface area contributed by atoms with E-state index in [0.717, 1.165) is 5.69 Å². The molecule has 0 amide bonds. The smallest absolute Gasteiger partial charge is 0.0631 e. The molecule has 5 aromatic rings. The molecule has 0 unspecified atom stereocenters. The van der Waals surface area contributed by atoms with Crippen molar-refractivity contribution in [3.05, 3.63) is 133 Å². The van der Waals surface area contributed by atoms with E-state index in [1.54, 1.807) is 0 Å². The van der Waals surface area contributed by atoms with Crippen molar-refractivity contribution in [3.63, 3.8) is 0 Å². The SMILES string of the molecule is c1ccc(P(=Nc2ccc3ccccc3c2)(c2ccccc2)c2ccccc2)cc1. The molecule has 0 bridgehead atoms. The van der Waals surface area contributed by atoms with Gasteiger partial charge in [0, 0.05) is 15.9 Å². The highest BCUT2D eigenvalue weighted by molar-refractivity contribution is 7.87. The third kappa shape index (κ3) is 3.38. The minimum Gasteiger partial charge on any atom is -0.254 e. The molecular formula is C28H22NP. The summed E-state index contributed by atoms with van der Waals surface area (Å²) >= 11 is 0. The van der Waals surface area contributed by atoms with E-state index in [0.29, 0.717) is 0 Å². The number of rotatable bonds is 4. The van der Waals surface area contributed by atoms with Crippen LogP contribution in [0.5, 0.6) is 0 Å². The summed E-state index contributed by atoms with van der Waals surface area (Å²) in [4.78, 5) is 0. The van der Waals surface area contributed by atoms with Crippen LogP contribution in [0, 0.1) is 0 Å². The zero-order valence-electron chi connectivity index (χ0n) is 16.6. The third-order valence-corrected chi connectivity index (χ3v) is 9.06. The van der Waals surface area contributed by atoms with E-state index in [9.17, 15) is 0 Å². The lowest BCUT2D eigenvalue weighted by Crippen LogP contribution is -2.25. The van der Waals surface area contributed by atoms with Gasteiger partial charge in [0.2, 0.25) is 0 Å². The zero-order valence-corrected chi connectivity index (χ0v) is 17.5. The number of nitrogens with zero attached hydrogens (tertiary/aromatic N) is 1. The summed E-state index contributed by atoms with van der Waals surface area (Å²) in [6.07, 6.45) is 0. The van der Waals surface area contributed by atoms with Crippen molar-refractivity contribution < 1.29 is 0 Å². The average Bonchev–Trinajstić information content (AvgIpc) is 2.84. The first-order valence-electron chi connectivity index (χ1n) is 10.1. The molecule has 0 aliphatic rings. The van der Waals surface area contributed by atoms with E-state index < -0.39 is 7.05 Å². The van der Waals surface area contributed by atoms with Crippen LogP contribution < -0.4 is 15.9 Å². The normalized spacial score (nSPS) is 11.3. The Balaban J connectivity index is 1.88. The molecule has 5 aromatic carbocycles. The Morgan fingerprint density at radius 3 is 1.33 bits per heavy atom. The summed E-state index contributed by atoms with van der Waals surface area (Å²) in [5.74, 6) is 0. The van der Waals surface area contributed by atoms with Gasteiger partial charge in [-0.15, -0.1) is 0 Å². The highest BCUT2D eigenvalue weighted by Crippen LogP contribution is 2.49. The predicted octanol–water partition coefficient (Wildman–Crippen LogP) is 6.65. The van der Waals surface area contributed by atoms with Crippen LogP contribution in [-0.2, 0) is 0 Å². The van der Waals surface area contributed by atoms with Gasteiger partial charge >= 0.3 is 0 Å². The Morgan fingerprint density at radius 1 is 0.400 bits per heavy atom. The molecule has 0 atom stereocenters. The fraction of sp³-hybridized carbons (Fsp3) is 0. The minimum absolute atomic E-state index is 1.01. The van der Waals surface area contributed by atoms with Gasteiger partial charge < -0.3 is 0 Å². The maximum atomic E-state index is 5.56. The third-order valence-electron chi connectivity index (χ3n) is 5.39. The average molecular weight is 403 g/mol. The fourth-order valence-electron chi connectivity index (χ4n) is 3.96. The summed E-state index contributed by atoms with van der Waals surface area (Å²) in [5.41, 5.74) is 1.01. The molecule has 0 spiro atoms. The van der Waals surface area contributed by atoms with Crippen LogP contribution in [0.15, 0.2) is 138 Å². The molecule has 1 nitrogen and oxygen atoms in total. The Labute approximate surface area is 177 Å². The van der Waals surface area contributed by atoms with Gasteiger partial charge in [0.1, 0.15) is 0 Å². The summed E-state index contributed by atoms with van der Waals surface area (Å²) < 4.78 is 5.56. The minimum atomic E-state index is -2.23. The number of benzene rings is 5. The summed E-state index contributed by atoms with van der Waals surface area (Å²) in [6.45, 7) is 0. The van der Waals surface area contributed by atoms with Crippen molar-refractivity contribution in [1.82, 2.24) is 0 Å². The number of fused-ring (bicyclic) bond motifs is 1. The van der Waals surface area contributed by atoms with Gasteiger partial charge in [-0.05, 0) is 22.9 Å². The molecule has 0 saturated heterocycles. The van der Waals surface area contributed by atoms with Crippen molar-refractivity contribution in [2.75, 3.05) is 0 Å². The van der Waals surface area contributed by atoms with E-state index in [2.05, 4.69) is 133 Å². The first-order valence-corrected chi connectivity index (χ1v) is 11.9.